The van der Waals surface area contributed by atoms with Crippen molar-refractivity contribution in [3.05, 3.63) is 17.7 Å². The van der Waals surface area contributed by atoms with Gasteiger partial charge in [0.25, 0.3) is 0 Å². The van der Waals surface area contributed by atoms with E-state index in [1.54, 1.807) is 6.33 Å². The van der Waals surface area contributed by atoms with Crippen LogP contribution in [0.15, 0.2) is 6.33 Å². The van der Waals surface area contributed by atoms with Gasteiger partial charge in [0.05, 0.1) is 17.6 Å². The van der Waals surface area contributed by atoms with E-state index in [0.29, 0.717) is 0 Å². The van der Waals surface area contributed by atoms with Crippen molar-refractivity contribution in [2.24, 2.45) is 0 Å². The molecule has 1 saturated carbocycles. The number of rotatable bonds is 1. The summed E-state index contributed by atoms with van der Waals surface area (Å²) >= 11 is 0. The monoisotopic (exact) mass is 306 g/mol. The molecule has 1 fully saturated rings. The van der Waals surface area contributed by atoms with Crippen LogP contribution in [0.3, 0.4) is 0 Å². The van der Waals surface area contributed by atoms with Gasteiger partial charge in [-0.1, -0.05) is 0 Å². The fourth-order valence-corrected chi connectivity index (χ4v) is 3.68. The minimum absolute atomic E-state index is 0.106. The summed E-state index contributed by atoms with van der Waals surface area (Å²) in [5.74, 6) is 0. The summed E-state index contributed by atoms with van der Waals surface area (Å²) in [6.45, 7) is 6.60. The zero-order valence-corrected chi connectivity index (χ0v) is 13.7. The van der Waals surface area contributed by atoms with E-state index in [9.17, 15) is 4.79 Å². The van der Waals surface area contributed by atoms with E-state index in [-0.39, 0.29) is 17.7 Å². The quantitative estimate of drug-likeness (QED) is 0.743. The number of carbonyl (C=O) groups excluding carboxylic acids is 1. The van der Waals surface area contributed by atoms with Crippen LogP contribution in [0.1, 0.15) is 57.8 Å². The lowest BCUT2D eigenvalue weighted by Crippen LogP contribution is -2.54. The highest BCUT2D eigenvalue weighted by atomic mass is 16.6. The van der Waals surface area contributed by atoms with Crippen molar-refractivity contribution < 1.29 is 9.53 Å². The second-order valence-electron chi connectivity index (χ2n) is 7.43. The molecule has 1 spiro atoms. The normalized spacial score (nSPS) is 28.2. The average molecular weight is 306 g/mol. The number of amides is 1. The van der Waals surface area contributed by atoms with Gasteiger partial charge in [-0.05, 0) is 46.5 Å². The van der Waals surface area contributed by atoms with Crippen LogP contribution in [0, 0.1) is 0 Å². The van der Waals surface area contributed by atoms with Crippen LogP contribution in [0.5, 0.6) is 0 Å². The van der Waals surface area contributed by atoms with Gasteiger partial charge in [0.15, 0.2) is 0 Å². The standard InChI is InChI=1S/C16H26N4O2/c1-15(2,3)22-14(21)20-11-5-4-7-16(9-11)13-12(6-8-19-16)17-10-18-13/h10-11,19H,4-9H2,1-3H3,(H,17,18)(H,20,21). The van der Waals surface area contributed by atoms with Crippen molar-refractivity contribution in [3.63, 3.8) is 0 Å². The number of ether oxygens (including phenoxy) is 1. The molecule has 2 atom stereocenters. The van der Waals surface area contributed by atoms with Crippen LogP contribution in [0.4, 0.5) is 4.79 Å². The third-order valence-electron chi connectivity index (χ3n) is 4.48. The third kappa shape index (κ3) is 3.11. The molecule has 1 aliphatic carbocycles. The van der Waals surface area contributed by atoms with Gasteiger partial charge in [-0.2, -0.15) is 0 Å². The number of H-pyrrole nitrogens is 1. The maximum atomic E-state index is 12.0. The second-order valence-corrected chi connectivity index (χ2v) is 7.43. The largest absolute Gasteiger partial charge is 0.444 e. The number of nitrogens with zero attached hydrogens (tertiary/aromatic N) is 1. The second kappa shape index (κ2) is 5.57. The predicted molar refractivity (Wildman–Crippen MR) is 83.6 cm³/mol. The molecule has 1 aliphatic heterocycles. The van der Waals surface area contributed by atoms with Crippen molar-refractivity contribution in [2.75, 3.05) is 6.54 Å². The molecule has 2 unspecified atom stereocenters. The van der Waals surface area contributed by atoms with Gasteiger partial charge >= 0.3 is 6.09 Å². The number of aromatic nitrogens is 2. The summed E-state index contributed by atoms with van der Waals surface area (Å²) < 4.78 is 5.38. The predicted octanol–water partition coefficient (Wildman–Crippen LogP) is 2.22. The van der Waals surface area contributed by atoms with Gasteiger partial charge in [-0.3, -0.25) is 0 Å². The Bertz CT molecular complexity index is 549. The van der Waals surface area contributed by atoms with Crippen molar-refractivity contribution >= 4 is 6.09 Å². The summed E-state index contributed by atoms with van der Waals surface area (Å²) in [7, 11) is 0. The Labute approximate surface area is 131 Å². The minimum Gasteiger partial charge on any atom is -0.444 e. The van der Waals surface area contributed by atoms with E-state index in [1.165, 1.54) is 5.69 Å². The van der Waals surface area contributed by atoms with E-state index in [2.05, 4.69) is 20.6 Å². The van der Waals surface area contributed by atoms with Crippen LogP contribution in [0.25, 0.3) is 0 Å². The van der Waals surface area contributed by atoms with E-state index in [1.807, 2.05) is 20.8 Å². The van der Waals surface area contributed by atoms with Crippen LogP contribution in [-0.4, -0.2) is 34.2 Å². The molecule has 22 heavy (non-hydrogen) atoms. The Balaban J connectivity index is 1.69. The van der Waals surface area contributed by atoms with Crippen molar-refractivity contribution in [1.82, 2.24) is 20.6 Å². The van der Waals surface area contributed by atoms with Crippen LogP contribution in [0.2, 0.25) is 0 Å². The highest BCUT2D eigenvalue weighted by Gasteiger charge is 2.43. The summed E-state index contributed by atoms with van der Waals surface area (Å²) in [6.07, 6.45) is 6.43. The first-order valence-corrected chi connectivity index (χ1v) is 8.15. The zero-order chi connectivity index (χ0) is 15.8. The number of hydrogen-bond acceptors (Lipinski definition) is 4. The molecule has 1 aromatic rings. The maximum Gasteiger partial charge on any atom is 0.407 e. The summed E-state index contributed by atoms with van der Waals surface area (Å²) in [5.41, 5.74) is 1.80. The number of imidazole rings is 1. The molecular formula is C16H26N4O2. The fourth-order valence-electron chi connectivity index (χ4n) is 3.68. The van der Waals surface area contributed by atoms with Crippen LogP contribution in [-0.2, 0) is 16.7 Å². The number of aromatic amines is 1. The molecule has 6 nitrogen and oxygen atoms in total. The fraction of sp³-hybridized carbons (Fsp3) is 0.750. The molecule has 0 radical (unpaired) electrons. The number of fused-ring (bicyclic) bond motifs is 2. The minimum atomic E-state index is -0.463. The van der Waals surface area contributed by atoms with Crippen LogP contribution < -0.4 is 10.6 Å². The van der Waals surface area contributed by atoms with Gasteiger partial charge in [0.1, 0.15) is 5.60 Å². The molecule has 1 amide bonds. The van der Waals surface area contributed by atoms with Gasteiger partial charge in [-0.25, -0.2) is 9.78 Å². The lowest BCUT2D eigenvalue weighted by atomic mass is 9.74. The van der Waals surface area contributed by atoms with E-state index < -0.39 is 5.60 Å². The zero-order valence-electron chi connectivity index (χ0n) is 13.7. The number of nitrogens with one attached hydrogen (secondary N) is 3. The molecule has 3 rings (SSSR count). The SMILES string of the molecule is CC(C)(C)OC(=O)NC1CCCC2(C1)NCCc1[nH]cnc12. The molecule has 3 N–H and O–H groups in total. The highest BCUT2D eigenvalue weighted by Crippen LogP contribution is 2.39. The third-order valence-corrected chi connectivity index (χ3v) is 4.48. The Morgan fingerprint density at radius 2 is 2.32 bits per heavy atom. The van der Waals surface area contributed by atoms with Gasteiger partial charge < -0.3 is 20.4 Å². The van der Waals surface area contributed by atoms with E-state index >= 15 is 0 Å². The lowest BCUT2D eigenvalue weighted by Gasteiger charge is -2.43. The topological polar surface area (TPSA) is 79.0 Å². The molecule has 1 aromatic heterocycles. The molecular weight excluding hydrogens is 280 g/mol. The molecule has 2 aliphatic rings. The Morgan fingerprint density at radius 3 is 3.09 bits per heavy atom. The number of alkyl carbamates (subject to hydrolysis) is 1. The van der Waals surface area contributed by atoms with Gasteiger partial charge in [0, 0.05) is 24.7 Å². The summed E-state index contributed by atoms with van der Waals surface area (Å²) in [6, 6.07) is 0.124. The molecule has 0 aromatic carbocycles. The van der Waals surface area contributed by atoms with Crippen molar-refractivity contribution in [3.8, 4) is 0 Å². The first kappa shape index (κ1) is 15.3. The Morgan fingerprint density at radius 1 is 1.50 bits per heavy atom. The van der Waals surface area contributed by atoms with E-state index in [0.717, 1.165) is 44.3 Å². The summed E-state index contributed by atoms with van der Waals surface area (Å²) in [4.78, 5) is 19.8. The maximum absolute atomic E-state index is 12.0. The Kier molecular flexibility index (Phi) is 3.89. The molecule has 122 valence electrons. The number of hydrogen-bond donors (Lipinski definition) is 3. The first-order valence-electron chi connectivity index (χ1n) is 8.15. The molecule has 0 bridgehead atoms. The average Bonchev–Trinajstić information content (AvgIpc) is 2.86. The molecule has 2 heterocycles. The number of carbonyl (C=O) groups is 1. The lowest BCUT2D eigenvalue weighted by molar-refractivity contribution is 0.0469. The smallest absolute Gasteiger partial charge is 0.407 e. The Hall–Kier alpha value is -1.56. The molecule has 6 heteroatoms. The first-order chi connectivity index (χ1) is 10.4. The van der Waals surface area contributed by atoms with Crippen molar-refractivity contribution in [2.45, 2.75) is 70.1 Å². The van der Waals surface area contributed by atoms with E-state index in [4.69, 9.17) is 4.74 Å². The summed E-state index contributed by atoms with van der Waals surface area (Å²) in [5, 5.41) is 6.68. The van der Waals surface area contributed by atoms with Gasteiger partial charge in [-0.15, -0.1) is 0 Å². The van der Waals surface area contributed by atoms with Crippen molar-refractivity contribution in [1.29, 1.82) is 0 Å². The highest BCUT2D eigenvalue weighted by molar-refractivity contribution is 5.68. The molecule has 0 saturated heterocycles. The van der Waals surface area contributed by atoms with Crippen LogP contribution >= 0.6 is 0 Å². The van der Waals surface area contributed by atoms with Gasteiger partial charge in [0.2, 0.25) is 0 Å².